The highest BCUT2D eigenvalue weighted by Crippen LogP contribution is 2.35. The maximum atomic E-state index is 13.2. The average Bonchev–Trinajstić information content (AvgIpc) is 2.63. The van der Waals surface area contributed by atoms with E-state index in [1.807, 2.05) is 6.08 Å². The number of carbonyl (C=O) groups is 2. The molecule has 2 aliphatic rings. The molecular formula is C20H21FO4. The van der Waals surface area contributed by atoms with Gasteiger partial charge in [-0.1, -0.05) is 24.3 Å². The molecule has 1 unspecified atom stereocenters. The fourth-order valence-electron chi connectivity index (χ4n) is 3.33. The number of carbonyl (C=O) groups excluding carboxylic acids is 2. The second-order valence-electron chi connectivity index (χ2n) is 6.24. The van der Waals surface area contributed by atoms with Crippen molar-refractivity contribution in [1.29, 1.82) is 0 Å². The molecule has 1 aliphatic carbocycles. The Morgan fingerprint density at radius 1 is 1.20 bits per heavy atom. The van der Waals surface area contributed by atoms with Gasteiger partial charge in [-0.05, 0) is 43.4 Å². The second kappa shape index (κ2) is 7.74. The summed E-state index contributed by atoms with van der Waals surface area (Å²) in [4.78, 5) is 25.0. The van der Waals surface area contributed by atoms with Crippen LogP contribution in [0.25, 0.3) is 5.57 Å². The Morgan fingerprint density at radius 2 is 1.88 bits per heavy atom. The van der Waals surface area contributed by atoms with Gasteiger partial charge < -0.3 is 9.47 Å². The van der Waals surface area contributed by atoms with Gasteiger partial charge in [-0.3, -0.25) is 4.79 Å². The van der Waals surface area contributed by atoms with E-state index in [1.54, 1.807) is 25.1 Å². The van der Waals surface area contributed by atoms with Gasteiger partial charge in [0.05, 0.1) is 6.61 Å². The Balaban J connectivity index is 1.97. The largest absolute Gasteiger partial charge is 0.462 e. The SMILES string of the molecule is CCOC(=O)C1=CC(C2CCOCC2)C=C(c2ccc(F)cc2)C1=O. The predicted molar refractivity (Wildman–Crippen MR) is 91.1 cm³/mol. The Bertz CT molecular complexity index is 712. The summed E-state index contributed by atoms with van der Waals surface area (Å²) in [5.74, 6) is -1.07. The molecule has 1 saturated heterocycles. The van der Waals surface area contributed by atoms with Crippen LogP contribution < -0.4 is 0 Å². The third-order valence-electron chi connectivity index (χ3n) is 4.67. The molecule has 0 aromatic heterocycles. The van der Waals surface area contributed by atoms with Gasteiger partial charge in [-0.2, -0.15) is 0 Å². The van der Waals surface area contributed by atoms with Crippen LogP contribution in [0.5, 0.6) is 0 Å². The molecular weight excluding hydrogens is 323 g/mol. The summed E-state index contributed by atoms with van der Waals surface area (Å²) in [6, 6.07) is 5.76. The van der Waals surface area contributed by atoms with Gasteiger partial charge >= 0.3 is 5.97 Å². The number of halogens is 1. The fourth-order valence-corrected chi connectivity index (χ4v) is 3.33. The topological polar surface area (TPSA) is 52.6 Å². The van der Waals surface area contributed by atoms with Crippen LogP contribution in [0.4, 0.5) is 4.39 Å². The average molecular weight is 344 g/mol. The molecule has 0 saturated carbocycles. The van der Waals surface area contributed by atoms with Crippen LogP contribution in [0.15, 0.2) is 42.0 Å². The van der Waals surface area contributed by atoms with Gasteiger partial charge in [0.2, 0.25) is 0 Å². The minimum atomic E-state index is -0.600. The lowest BCUT2D eigenvalue weighted by atomic mass is 9.78. The minimum absolute atomic E-state index is 0.0407. The van der Waals surface area contributed by atoms with Crippen molar-refractivity contribution in [1.82, 2.24) is 0 Å². The summed E-state index contributed by atoms with van der Waals surface area (Å²) in [6.45, 7) is 3.27. The quantitative estimate of drug-likeness (QED) is 0.621. The molecule has 132 valence electrons. The summed E-state index contributed by atoms with van der Waals surface area (Å²) in [7, 11) is 0. The number of esters is 1. The second-order valence-corrected chi connectivity index (χ2v) is 6.24. The van der Waals surface area contributed by atoms with Gasteiger partial charge in [0.25, 0.3) is 0 Å². The van der Waals surface area contributed by atoms with Crippen molar-refractivity contribution in [3.05, 3.63) is 53.4 Å². The molecule has 1 atom stereocenters. The van der Waals surface area contributed by atoms with Crippen LogP contribution in [0, 0.1) is 17.7 Å². The zero-order valence-corrected chi connectivity index (χ0v) is 14.2. The Kier molecular flexibility index (Phi) is 5.43. The van der Waals surface area contributed by atoms with Gasteiger partial charge in [0, 0.05) is 24.7 Å². The van der Waals surface area contributed by atoms with Crippen molar-refractivity contribution in [3.63, 3.8) is 0 Å². The van der Waals surface area contributed by atoms with Gasteiger partial charge in [-0.25, -0.2) is 9.18 Å². The highest BCUT2D eigenvalue weighted by atomic mass is 19.1. The van der Waals surface area contributed by atoms with E-state index in [0.29, 0.717) is 30.3 Å². The predicted octanol–water partition coefficient (Wildman–Crippen LogP) is 3.32. The lowest BCUT2D eigenvalue weighted by molar-refractivity contribution is -0.139. The number of benzene rings is 1. The number of hydrogen-bond acceptors (Lipinski definition) is 4. The van der Waals surface area contributed by atoms with Crippen molar-refractivity contribution in [2.24, 2.45) is 11.8 Å². The van der Waals surface area contributed by atoms with E-state index in [-0.39, 0.29) is 29.7 Å². The molecule has 1 heterocycles. The molecule has 0 bridgehead atoms. The molecule has 0 N–H and O–H groups in total. The molecule has 4 nitrogen and oxygen atoms in total. The lowest BCUT2D eigenvalue weighted by Crippen LogP contribution is -2.27. The first-order chi connectivity index (χ1) is 12.1. The molecule has 0 spiro atoms. The highest BCUT2D eigenvalue weighted by Gasteiger charge is 2.32. The zero-order chi connectivity index (χ0) is 17.8. The van der Waals surface area contributed by atoms with Gasteiger partial charge in [0.15, 0.2) is 5.78 Å². The van der Waals surface area contributed by atoms with Crippen LogP contribution in [-0.4, -0.2) is 31.6 Å². The van der Waals surface area contributed by atoms with Gasteiger partial charge in [-0.15, -0.1) is 0 Å². The molecule has 3 rings (SSSR count). The molecule has 1 aromatic rings. The van der Waals surface area contributed by atoms with E-state index in [2.05, 4.69) is 0 Å². The molecule has 1 aliphatic heterocycles. The van der Waals surface area contributed by atoms with Crippen molar-refractivity contribution < 1.29 is 23.5 Å². The van der Waals surface area contributed by atoms with E-state index in [9.17, 15) is 14.0 Å². The summed E-state index contributed by atoms with van der Waals surface area (Å²) < 4.78 is 23.7. The van der Waals surface area contributed by atoms with Crippen molar-refractivity contribution in [2.75, 3.05) is 19.8 Å². The first-order valence-corrected chi connectivity index (χ1v) is 8.59. The molecule has 5 heteroatoms. The molecule has 0 radical (unpaired) electrons. The summed E-state index contributed by atoms with van der Waals surface area (Å²) in [5.41, 5.74) is 1.11. The molecule has 0 amide bonds. The Morgan fingerprint density at radius 3 is 2.52 bits per heavy atom. The minimum Gasteiger partial charge on any atom is -0.462 e. The fraction of sp³-hybridized carbons (Fsp3) is 0.400. The van der Waals surface area contributed by atoms with E-state index >= 15 is 0 Å². The summed E-state index contributed by atoms with van der Waals surface area (Å²) in [5, 5.41) is 0. The molecule has 25 heavy (non-hydrogen) atoms. The number of allylic oxidation sites excluding steroid dienone is 3. The standard InChI is InChI=1S/C20H21FO4/c1-2-25-20(23)18-12-15(13-7-9-24-10-8-13)11-17(19(18)22)14-3-5-16(21)6-4-14/h3-6,11-13,15H,2,7-10H2,1H3. The number of ether oxygens (including phenoxy) is 2. The van der Waals surface area contributed by atoms with Crippen molar-refractivity contribution in [3.8, 4) is 0 Å². The van der Waals surface area contributed by atoms with E-state index in [0.717, 1.165) is 12.8 Å². The molecule has 1 aromatic carbocycles. The third kappa shape index (κ3) is 3.87. The van der Waals surface area contributed by atoms with Gasteiger partial charge in [0.1, 0.15) is 11.4 Å². The number of hydrogen-bond donors (Lipinski definition) is 0. The van der Waals surface area contributed by atoms with Crippen LogP contribution in [-0.2, 0) is 19.1 Å². The lowest BCUT2D eigenvalue weighted by Gasteiger charge is -2.29. The smallest absolute Gasteiger partial charge is 0.341 e. The normalized spacial score (nSPS) is 21.5. The first-order valence-electron chi connectivity index (χ1n) is 8.59. The monoisotopic (exact) mass is 344 g/mol. The number of rotatable bonds is 4. The van der Waals surface area contributed by atoms with E-state index < -0.39 is 5.97 Å². The summed E-state index contributed by atoms with van der Waals surface area (Å²) in [6.07, 6.45) is 5.37. The highest BCUT2D eigenvalue weighted by molar-refractivity contribution is 6.37. The van der Waals surface area contributed by atoms with Crippen molar-refractivity contribution in [2.45, 2.75) is 19.8 Å². The van der Waals surface area contributed by atoms with Crippen LogP contribution in [0.2, 0.25) is 0 Å². The van der Waals surface area contributed by atoms with Crippen LogP contribution >= 0.6 is 0 Å². The molecule has 1 fully saturated rings. The first kappa shape index (κ1) is 17.5. The van der Waals surface area contributed by atoms with E-state index in [4.69, 9.17) is 9.47 Å². The maximum absolute atomic E-state index is 13.2. The van der Waals surface area contributed by atoms with Crippen LogP contribution in [0.1, 0.15) is 25.3 Å². The zero-order valence-electron chi connectivity index (χ0n) is 14.2. The third-order valence-corrected chi connectivity index (χ3v) is 4.67. The maximum Gasteiger partial charge on any atom is 0.341 e. The van der Waals surface area contributed by atoms with Crippen LogP contribution in [0.3, 0.4) is 0 Å². The number of ketones is 1. The Labute approximate surface area is 146 Å². The van der Waals surface area contributed by atoms with Crippen molar-refractivity contribution >= 4 is 17.3 Å². The number of Topliss-reactive ketones (excluding diaryl/α,β-unsaturated/α-hetero) is 1. The summed E-state index contributed by atoms with van der Waals surface area (Å²) >= 11 is 0. The Hall–Kier alpha value is -2.27. The van der Waals surface area contributed by atoms with E-state index in [1.165, 1.54) is 12.1 Å².